The van der Waals surface area contributed by atoms with E-state index >= 15 is 0 Å². The third kappa shape index (κ3) is 2.88. The Hall–Kier alpha value is -1.69. The van der Waals surface area contributed by atoms with Gasteiger partial charge in [-0.05, 0) is 25.1 Å². The van der Waals surface area contributed by atoms with Crippen molar-refractivity contribution in [3.05, 3.63) is 34.1 Å². The number of anilines is 1. The SMILES string of the molecule is NCCCNc1cccc(F)c1[N+](=O)[O-]. The molecule has 15 heavy (non-hydrogen) atoms. The zero-order valence-corrected chi connectivity index (χ0v) is 8.07. The molecule has 0 bridgehead atoms. The summed E-state index contributed by atoms with van der Waals surface area (Å²) in [4.78, 5) is 9.84. The van der Waals surface area contributed by atoms with E-state index in [4.69, 9.17) is 5.73 Å². The van der Waals surface area contributed by atoms with Crippen molar-refractivity contribution in [2.24, 2.45) is 5.73 Å². The van der Waals surface area contributed by atoms with E-state index in [1.165, 1.54) is 12.1 Å². The number of nitrogens with one attached hydrogen (secondary N) is 1. The Morgan fingerprint density at radius 1 is 1.53 bits per heavy atom. The Kier molecular flexibility index (Phi) is 3.99. The first kappa shape index (κ1) is 11.4. The molecule has 1 aromatic rings. The summed E-state index contributed by atoms with van der Waals surface area (Å²) in [6, 6.07) is 3.96. The van der Waals surface area contributed by atoms with E-state index in [2.05, 4.69) is 5.32 Å². The van der Waals surface area contributed by atoms with Crippen LogP contribution >= 0.6 is 0 Å². The van der Waals surface area contributed by atoms with Gasteiger partial charge in [0.05, 0.1) is 4.92 Å². The fraction of sp³-hybridized carbons (Fsp3) is 0.333. The maximum Gasteiger partial charge on any atom is 0.327 e. The summed E-state index contributed by atoms with van der Waals surface area (Å²) in [5.74, 6) is -0.835. The molecule has 0 heterocycles. The fourth-order valence-electron chi connectivity index (χ4n) is 1.17. The zero-order chi connectivity index (χ0) is 11.3. The third-order valence-electron chi connectivity index (χ3n) is 1.87. The zero-order valence-electron chi connectivity index (χ0n) is 8.07. The summed E-state index contributed by atoms with van der Waals surface area (Å²) in [5.41, 5.74) is 4.94. The second-order valence-electron chi connectivity index (χ2n) is 2.96. The van der Waals surface area contributed by atoms with Crippen LogP contribution in [0, 0.1) is 15.9 Å². The first-order valence-corrected chi connectivity index (χ1v) is 4.53. The fourth-order valence-corrected chi connectivity index (χ4v) is 1.17. The Morgan fingerprint density at radius 2 is 2.27 bits per heavy atom. The van der Waals surface area contributed by atoms with E-state index in [9.17, 15) is 14.5 Å². The van der Waals surface area contributed by atoms with Crippen LogP contribution in [0.2, 0.25) is 0 Å². The molecule has 0 amide bonds. The number of para-hydroxylation sites is 1. The molecule has 0 saturated carbocycles. The molecule has 0 aliphatic carbocycles. The van der Waals surface area contributed by atoms with Crippen LogP contribution in [0.3, 0.4) is 0 Å². The minimum absolute atomic E-state index is 0.188. The Labute approximate surface area is 86.2 Å². The number of hydrogen-bond donors (Lipinski definition) is 2. The van der Waals surface area contributed by atoms with E-state index in [0.29, 0.717) is 19.5 Å². The number of nitro groups is 1. The van der Waals surface area contributed by atoms with E-state index in [1.807, 2.05) is 0 Å². The summed E-state index contributed by atoms with van der Waals surface area (Å²) in [5, 5.41) is 13.4. The van der Waals surface area contributed by atoms with Crippen molar-refractivity contribution in [2.45, 2.75) is 6.42 Å². The lowest BCUT2D eigenvalue weighted by molar-refractivity contribution is -0.386. The predicted molar refractivity (Wildman–Crippen MR) is 55.2 cm³/mol. The van der Waals surface area contributed by atoms with Gasteiger partial charge in [-0.25, -0.2) is 0 Å². The van der Waals surface area contributed by atoms with Gasteiger partial charge in [0.25, 0.3) is 0 Å². The van der Waals surface area contributed by atoms with Crippen molar-refractivity contribution in [1.82, 2.24) is 0 Å². The van der Waals surface area contributed by atoms with Gasteiger partial charge in [-0.15, -0.1) is 0 Å². The highest BCUT2D eigenvalue weighted by atomic mass is 19.1. The van der Waals surface area contributed by atoms with Crippen LogP contribution in [0.15, 0.2) is 18.2 Å². The van der Waals surface area contributed by atoms with E-state index in [-0.39, 0.29) is 5.69 Å². The Morgan fingerprint density at radius 3 is 2.87 bits per heavy atom. The number of nitrogens with two attached hydrogens (primary N) is 1. The molecule has 0 radical (unpaired) electrons. The molecule has 0 saturated heterocycles. The quantitative estimate of drug-likeness (QED) is 0.441. The number of nitro benzene ring substituents is 1. The van der Waals surface area contributed by atoms with Gasteiger partial charge < -0.3 is 11.1 Å². The highest BCUT2D eigenvalue weighted by Gasteiger charge is 2.18. The lowest BCUT2D eigenvalue weighted by Crippen LogP contribution is -2.10. The highest BCUT2D eigenvalue weighted by molar-refractivity contribution is 5.61. The number of halogens is 1. The van der Waals surface area contributed by atoms with Crippen molar-refractivity contribution >= 4 is 11.4 Å². The minimum Gasteiger partial charge on any atom is -0.379 e. The normalized spacial score (nSPS) is 10.0. The van der Waals surface area contributed by atoms with E-state index < -0.39 is 16.4 Å². The highest BCUT2D eigenvalue weighted by Crippen LogP contribution is 2.26. The lowest BCUT2D eigenvalue weighted by atomic mass is 10.2. The van der Waals surface area contributed by atoms with E-state index in [0.717, 1.165) is 6.07 Å². The standard InChI is InChI=1S/C9H12FN3O2/c10-7-3-1-4-8(9(7)13(14)15)12-6-2-5-11/h1,3-4,12H,2,5-6,11H2. The average molecular weight is 213 g/mol. The van der Waals surface area contributed by atoms with Gasteiger partial charge in [0.15, 0.2) is 0 Å². The molecular weight excluding hydrogens is 201 g/mol. The molecule has 6 heteroatoms. The van der Waals surface area contributed by atoms with Gasteiger partial charge >= 0.3 is 5.69 Å². The Bertz CT molecular complexity index is 357. The van der Waals surface area contributed by atoms with Gasteiger partial charge in [-0.2, -0.15) is 4.39 Å². The maximum absolute atomic E-state index is 13.1. The van der Waals surface area contributed by atoms with Gasteiger partial charge in [0.1, 0.15) is 5.69 Å². The predicted octanol–water partition coefficient (Wildman–Crippen LogP) is 1.49. The molecule has 0 unspecified atom stereocenters. The summed E-state index contributed by atoms with van der Waals surface area (Å²) >= 11 is 0. The summed E-state index contributed by atoms with van der Waals surface area (Å²) < 4.78 is 13.1. The minimum atomic E-state index is -0.835. The molecule has 0 spiro atoms. The number of benzene rings is 1. The molecule has 0 fully saturated rings. The third-order valence-corrected chi connectivity index (χ3v) is 1.87. The van der Waals surface area contributed by atoms with Gasteiger partial charge in [0.2, 0.25) is 5.82 Å². The molecule has 1 aromatic carbocycles. The number of rotatable bonds is 5. The maximum atomic E-state index is 13.1. The molecular formula is C9H12FN3O2. The molecule has 0 aliphatic rings. The van der Waals surface area contributed by atoms with Crippen LogP contribution in [0.4, 0.5) is 15.8 Å². The second-order valence-corrected chi connectivity index (χ2v) is 2.96. The first-order chi connectivity index (χ1) is 7.16. The molecule has 1 rings (SSSR count). The van der Waals surface area contributed by atoms with E-state index in [1.54, 1.807) is 0 Å². The van der Waals surface area contributed by atoms with Crippen LogP contribution in [-0.4, -0.2) is 18.0 Å². The molecule has 0 aliphatic heterocycles. The molecule has 0 atom stereocenters. The summed E-state index contributed by atoms with van der Waals surface area (Å²) in [6.07, 6.45) is 0.674. The van der Waals surface area contributed by atoms with Crippen molar-refractivity contribution in [1.29, 1.82) is 0 Å². The summed E-state index contributed by atoms with van der Waals surface area (Å²) in [6.45, 7) is 0.969. The Balaban J connectivity index is 2.86. The van der Waals surface area contributed by atoms with Crippen LogP contribution in [0.1, 0.15) is 6.42 Å². The monoisotopic (exact) mass is 213 g/mol. The topological polar surface area (TPSA) is 81.2 Å². The van der Waals surface area contributed by atoms with Crippen molar-refractivity contribution in [3.8, 4) is 0 Å². The molecule has 5 nitrogen and oxygen atoms in total. The van der Waals surface area contributed by atoms with Gasteiger partial charge in [-0.3, -0.25) is 10.1 Å². The molecule has 82 valence electrons. The number of nitrogens with zero attached hydrogens (tertiary/aromatic N) is 1. The van der Waals surface area contributed by atoms with Crippen LogP contribution < -0.4 is 11.1 Å². The number of hydrogen-bond acceptors (Lipinski definition) is 4. The van der Waals surface area contributed by atoms with Crippen molar-refractivity contribution < 1.29 is 9.31 Å². The molecule has 0 aromatic heterocycles. The molecule has 3 N–H and O–H groups in total. The van der Waals surface area contributed by atoms with Gasteiger partial charge in [0, 0.05) is 6.54 Å². The second kappa shape index (κ2) is 5.26. The van der Waals surface area contributed by atoms with Crippen LogP contribution in [-0.2, 0) is 0 Å². The largest absolute Gasteiger partial charge is 0.379 e. The van der Waals surface area contributed by atoms with Crippen LogP contribution in [0.25, 0.3) is 0 Å². The van der Waals surface area contributed by atoms with Gasteiger partial charge in [-0.1, -0.05) is 6.07 Å². The first-order valence-electron chi connectivity index (χ1n) is 4.53. The summed E-state index contributed by atoms with van der Waals surface area (Å²) in [7, 11) is 0. The van der Waals surface area contributed by atoms with Crippen LogP contribution in [0.5, 0.6) is 0 Å². The average Bonchev–Trinajstić information content (AvgIpc) is 2.17. The lowest BCUT2D eigenvalue weighted by Gasteiger charge is -2.06. The van der Waals surface area contributed by atoms with Crippen molar-refractivity contribution in [3.63, 3.8) is 0 Å². The smallest absolute Gasteiger partial charge is 0.327 e. The van der Waals surface area contributed by atoms with Crippen molar-refractivity contribution in [2.75, 3.05) is 18.4 Å².